The maximum Gasteiger partial charge on any atom is 0.296 e. The van der Waals surface area contributed by atoms with E-state index in [0.717, 1.165) is 31.2 Å². The smallest absolute Gasteiger partial charge is 0.296 e. The molecule has 17 heteroatoms. The Morgan fingerprint density at radius 2 is 1.48 bits per heavy atom. The summed E-state index contributed by atoms with van der Waals surface area (Å²) in [6.45, 7) is 2.64. The molecule has 0 unspecified atom stereocenters. The summed E-state index contributed by atoms with van der Waals surface area (Å²) in [5, 5.41) is 20.5. The van der Waals surface area contributed by atoms with E-state index < -0.39 is 57.4 Å². The Labute approximate surface area is 240 Å². The number of hydrogen-bond acceptors (Lipinski definition) is 10. The van der Waals surface area contributed by atoms with Gasteiger partial charge in [-0.1, -0.05) is 24.3 Å². The van der Waals surface area contributed by atoms with Gasteiger partial charge in [0.15, 0.2) is 5.75 Å². The number of benzene rings is 4. The molecule has 4 aromatic carbocycles. The number of phenolic OH excluding ortho intramolecular Hbond substituents is 1. The van der Waals surface area contributed by atoms with Gasteiger partial charge in [-0.05, 0) is 60.3 Å². The van der Waals surface area contributed by atoms with Crippen molar-refractivity contribution >= 4 is 69.7 Å². The highest BCUT2D eigenvalue weighted by Gasteiger charge is 2.26. The number of carbonyl (C=O) groups is 1. The Morgan fingerprint density at radius 3 is 2.07 bits per heavy atom. The zero-order valence-corrected chi connectivity index (χ0v) is 24.1. The standard InChI is InChI=1S/C25H22N4O10S3/c1-14-8-9-18(40(32,33)29-17-6-4-3-5-7-17)12-20(14)27-28-24-22(42(37,38)39)11-16-10-19(41(34,35)36)13-21(26-15(2)30)23(16)25(24)31/h3-13,29,31H,1-2H3,(H,26,30)(H,34,35,36)(H,37,38,39). The first-order chi connectivity index (χ1) is 19.5. The number of anilines is 2. The third-order valence-electron chi connectivity index (χ3n) is 5.78. The molecule has 5 N–H and O–H groups in total. The van der Waals surface area contributed by atoms with Crippen molar-refractivity contribution in [3.63, 3.8) is 0 Å². The molecule has 0 atom stereocenters. The van der Waals surface area contributed by atoms with Crippen LogP contribution in [0.4, 0.5) is 22.7 Å². The summed E-state index contributed by atoms with van der Waals surface area (Å²) in [6.07, 6.45) is 0. The molecule has 0 spiro atoms. The van der Waals surface area contributed by atoms with Crippen molar-refractivity contribution in [3.8, 4) is 5.75 Å². The molecule has 0 aliphatic rings. The minimum Gasteiger partial charge on any atom is -0.505 e. The van der Waals surface area contributed by atoms with Crippen LogP contribution < -0.4 is 10.0 Å². The van der Waals surface area contributed by atoms with Crippen LogP contribution in [0.25, 0.3) is 10.8 Å². The number of fused-ring (bicyclic) bond motifs is 1. The van der Waals surface area contributed by atoms with Crippen molar-refractivity contribution in [1.29, 1.82) is 0 Å². The lowest BCUT2D eigenvalue weighted by Gasteiger charge is -2.14. The normalized spacial score (nSPS) is 12.5. The monoisotopic (exact) mass is 634 g/mol. The molecule has 220 valence electrons. The lowest BCUT2D eigenvalue weighted by Crippen LogP contribution is -2.12. The minimum absolute atomic E-state index is 0.0458. The molecule has 4 rings (SSSR count). The summed E-state index contributed by atoms with van der Waals surface area (Å²) in [5.74, 6) is -1.63. The fourth-order valence-corrected chi connectivity index (χ4v) is 6.16. The van der Waals surface area contributed by atoms with Crippen LogP contribution in [0.15, 0.2) is 91.6 Å². The van der Waals surface area contributed by atoms with Gasteiger partial charge in [0.05, 0.1) is 21.2 Å². The second kappa shape index (κ2) is 11.1. The van der Waals surface area contributed by atoms with Crippen molar-refractivity contribution < 1.29 is 44.3 Å². The zero-order chi connectivity index (χ0) is 31.0. The van der Waals surface area contributed by atoms with Crippen LogP contribution in [0.5, 0.6) is 5.75 Å². The third-order valence-corrected chi connectivity index (χ3v) is 8.86. The zero-order valence-electron chi connectivity index (χ0n) is 21.7. The molecule has 42 heavy (non-hydrogen) atoms. The van der Waals surface area contributed by atoms with E-state index in [0.29, 0.717) is 11.3 Å². The molecule has 0 saturated carbocycles. The number of amides is 1. The largest absolute Gasteiger partial charge is 0.505 e. The number of azo groups is 1. The maximum absolute atomic E-state index is 12.9. The van der Waals surface area contributed by atoms with Gasteiger partial charge < -0.3 is 10.4 Å². The van der Waals surface area contributed by atoms with Crippen LogP contribution >= 0.6 is 0 Å². The molecular formula is C25H22N4O10S3. The van der Waals surface area contributed by atoms with Crippen LogP contribution in [0.1, 0.15) is 12.5 Å². The Morgan fingerprint density at radius 1 is 0.810 bits per heavy atom. The number of sulfonamides is 1. The Kier molecular flexibility index (Phi) is 8.07. The predicted octanol–water partition coefficient (Wildman–Crippen LogP) is 4.52. The first kappa shape index (κ1) is 30.5. The maximum atomic E-state index is 12.9. The Bertz CT molecular complexity index is 2100. The average Bonchev–Trinajstić information content (AvgIpc) is 2.87. The first-order valence-corrected chi connectivity index (χ1v) is 16.0. The van der Waals surface area contributed by atoms with Crippen LogP contribution in [-0.4, -0.2) is 45.4 Å². The Balaban J connectivity index is 1.91. The van der Waals surface area contributed by atoms with Gasteiger partial charge in [-0.2, -0.15) is 21.9 Å². The molecule has 0 saturated heterocycles. The summed E-state index contributed by atoms with van der Waals surface area (Å²) in [5.41, 5.74) is -0.475. The summed E-state index contributed by atoms with van der Waals surface area (Å²) < 4.78 is 95.7. The molecule has 0 fully saturated rings. The number of hydrogen-bond donors (Lipinski definition) is 5. The number of aryl methyl sites for hydroxylation is 1. The fraction of sp³-hybridized carbons (Fsp3) is 0.0800. The van der Waals surface area contributed by atoms with Crippen molar-refractivity contribution in [2.45, 2.75) is 28.5 Å². The second-order valence-corrected chi connectivity index (χ2v) is 13.4. The van der Waals surface area contributed by atoms with Crippen LogP contribution in [0, 0.1) is 6.92 Å². The molecule has 0 aliphatic carbocycles. The highest BCUT2D eigenvalue weighted by Crippen LogP contribution is 2.45. The van der Waals surface area contributed by atoms with Gasteiger partial charge in [0.25, 0.3) is 30.3 Å². The van der Waals surface area contributed by atoms with Gasteiger partial charge in [0.1, 0.15) is 10.6 Å². The van der Waals surface area contributed by atoms with Crippen molar-refractivity contribution in [2.24, 2.45) is 10.2 Å². The van der Waals surface area contributed by atoms with Gasteiger partial charge in [-0.25, -0.2) is 8.42 Å². The van der Waals surface area contributed by atoms with Gasteiger partial charge in [-0.15, -0.1) is 5.11 Å². The molecule has 0 aromatic heterocycles. The molecule has 0 radical (unpaired) electrons. The van der Waals surface area contributed by atoms with Crippen LogP contribution in [0.2, 0.25) is 0 Å². The average molecular weight is 635 g/mol. The summed E-state index contributed by atoms with van der Waals surface area (Å²) in [4.78, 5) is 9.83. The van der Waals surface area contributed by atoms with E-state index in [1.807, 2.05) is 0 Å². The quantitative estimate of drug-likeness (QED) is 0.134. The van der Waals surface area contributed by atoms with Crippen LogP contribution in [-0.2, 0) is 35.1 Å². The van der Waals surface area contributed by atoms with Crippen molar-refractivity contribution in [3.05, 3.63) is 72.3 Å². The lowest BCUT2D eigenvalue weighted by atomic mass is 10.1. The van der Waals surface area contributed by atoms with Crippen molar-refractivity contribution in [2.75, 3.05) is 10.0 Å². The molecule has 4 aromatic rings. The minimum atomic E-state index is -5.13. The molecular weight excluding hydrogens is 612 g/mol. The van der Waals surface area contributed by atoms with E-state index in [1.54, 1.807) is 37.3 Å². The van der Waals surface area contributed by atoms with Gasteiger partial charge in [-0.3, -0.25) is 18.6 Å². The first-order valence-electron chi connectivity index (χ1n) is 11.6. The number of rotatable bonds is 8. The van der Waals surface area contributed by atoms with E-state index in [4.69, 9.17) is 0 Å². The predicted molar refractivity (Wildman–Crippen MR) is 152 cm³/mol. The summed E-state index contributed by atoms with van der Waals surface area (Å²) in [6, 6.07) is 14.3. The van der Waals surface area contributed by atoms with E-state index >= 15 is 0 Å². The van der Waals surface area contributed by atoms with E-state index in [2.05, 4.69) is 20.3 Å². The second-order valence-electron chi connectivity index (χ2n) is 8.89. The van der Waals surface area contributed by atoms with Crippen molar-refractivity contribution in [1.82, 2.24) is 0 Å². The Hall–Kier alpha value is -4.42. The number of nitrogens with zero attached hydrogens (tertiary/aromatic N) is 2. The van der Waals surface area contributed by atoms with Gasteiger partial charge in [0.2, 0.25) is 5.91 Å². The number of para-hydroxylation sites is 1. The molecule has 0 heterocycles. The highest BCUT2D eigenvalue weighted by molar-refractivity contribution is 7.92. The summed E-state index contributed by atoms with van der Waals surface area (Å²) >= 11 is 0. The molecule has 0 bridgehead atoms. The topological polar surface area (TPSA) is 229 Å². The summed E-state index contributed by atoms with van der Waals surface area (Å²) in [7, 11) is -14.1. The van der Waals surface area contributed by atoms with E-state index in [-0.39, 0.29) is 27.0 Å². The fourth-order valence-electron chi connectivity index (χ4n) is 3.88. The molecule has 0 aliphatic heterocycles. The number of nitrogens with one attached hydrogen (secondary N) is 2. The highest BCUT2D eigenvalue weighted by atomic mass is 32.2. The third kappa shape index (κ3) is 6.55. The number of aromatic hydroxyl groups is 1. The molecule has 14 nitrogen and oxygen atoms in total. The van der Waals surface area contributed by atoms with Gasteiger partial charge >= 0.3 is 0 Å². The number of phenols is 1. The van der Waals surface area contributed by atoms with E-state index in [9.17, 15) is 44.3 Å². The molecule has 1 amide bonds. The number of carbonyl (C=O) groups excluding carboxylic acids is 1. The van der Waals surface area contributed by atoms with Gasteiger partial charge in [0, 0.05) is 18.0 Å². The van der Waals surface area contributed by atoms with Crippen LogP contribution in [0.3, 0.4) is 0 Å². The lowest BCUT2D eigenvalue weighted by molar-refractivity contribution is -0.114. The van der Waals surface area contributed by atoms with E-state index in [1.165, 1.54) is 12.1 Å². The SMILES string of the molecule is CC(=O)Nc1cc(S(=O)(=O)O)cc2cc(S(=O)(=O)O)c(N=Nc3cc(S(=O)(=O)Nc4ccccc4)ccc3C)c(O)c12.